The Hall–Kier alpha value is -2.19. The fourth-order valence-electron chi connectivity index (χ4n) is 3.34. The summed E-state index contributed by atoms with van der Waals surface area (Å²) in [4.78, 5) is 17.0. The molecule has 0 saturated heterocycles. The summed E-state index contributed by atoms with van der Waals surface area (Å²) in [6.45, 7) is 2.14. The van der Waals surface area contributed by atoms with E-state index in [0.717, 1.165) is 28.7 Å². The molecule has 29 heavy (non-hydrogen) atoms. The summed E-state index contributed by atoms with van der Waals surface area (Å²) in [6.07, 6.45) is 5.83. The van der Waals surface area contributed by atoms with Crippen LogP contribution in [-0.2, 0) is 11.2 Å². The highest BCUT2D eigenvalue weighted by Gasteiger charge is 2.36. The molecule has 2 heterocycles. The number of thiazole rings is 1. The predicted molar refractivity (Wildman–Crippen MR) is 117 cm³/mol. The summed E-state index contributed by atoms with van der Waals surface area (Å²) in [7, 11) is 0. The van der Waals surface area contributed by atoms with Gasteiger partial charge in [-0.25, -0.2) is 4.98 Å². The van der Waals surface area contributed by atoms with Crippen LogP contribution >= 0.6 is 23.1 Å². The van der Waals surface area contributed by atoms with Gasteiger partial charge in [0.1, 0.15) is 5.82 Å². The number of carbonyl (C=O) groups excluding carboxylic acids is 1. The molecule has 0 unspecified atom stereocenters. The molecule has 8 heteroatoms. The number of hydrogen-bond donors (Lipinski definition) is 1. The van der Waals surface area contributed by atoms with Gasteiger partial charge in [-0.3, -0.25) is 4.79 Å². The van der Waals surface area contributed by atoms with E-state index in [0.29, 0.717) is 22.8 Å². The van der Waals surface area contributed by atoms with Crippen LogP contribution in [0.2, 0.25) is 0 Å². The van der Waals surface area contributed by atoms with Crippen LogP contribution in [0.1, 0.15) is 56.0 Å². The van der Waals surface area contributed by atoms with Crippen molar-refractivity contribution in [1.29, 1.82) is 0 Å². The molecule has 5 rings (SSSR count). The van der Waals surface area contributed by atoms with Crippen molar-refractivity contribution in [3.8, 4) is 11.3 Å². The SMILES string of the molecule is CCc1ccc(-c2csc(NC(=O)CSc3nnc(C4CC4)n3C3CC3)n2)cc1. The fraction of sp³-hybridized carbons (Fsp3) is 0.429. The van der Waals surface area contributed by atoms with Crippen LogP contribution in [0.5, 0.6) is 0 Å². The quantitative estimate of drug-likeness (QED) is 0.519. The molecule has 2 aliphatic carbocycles. The van der Waals surface area contributed by atoms with E-state index in [9.17, 15) is 4.79 Å². The number of amides is 1. The predicted octanol–water partition coefficient (Wildman–Crippen LogP) is 4.91. The molecule has 2 aliphatic rings. The van der Waals surface area contributed by atoms with Crippen molar-refractivity contribution in [2.24, 2.45) is 0 Å². The van der Waals surface area contributed by atoms with Crippen LogP contribution in [0.4, 0.5) is 5.13 Å². The largest absolute Gasteiger partial charge is 0.303 e. The van der Waals surface area contributed by atoms with Gasteiger partial charge in [-0.1, -0.05) is 43.0 Å². The van der Waals surface area contributed by atoms with E-state index in [4.69, 9.17) is 0 Å². The Morgan fingerprint density at radius 3 is 2.69 bits per heavy atom. The van der Waals surface area contributed by atoms with Gasteiger partial charge in [0.05, 0.1) is 11.4 Å². The first-order valence-electron chi connectivity index (χ1n) is 10.1. The maximum Gasteiger partial charge on any atom is 0.236 e. The average molecular weight is 426 g/mol. The Morgan fingerprint density at radius 1 is 1.21 bits per heavy atom. The Bertz CT molecular complexity index is 1020. The van der Waals surface area contributed by atoms with E-state index in [1.165, 1.54) is 54.3 Å². The molecule has 0 radical (unpaired) electrons. The first-order chi connectivity index (χ1) is 14.2. The van der Waals surface area contributed by atoms with Gasteiger partial charge >= 0.3 is 0 Å². The number of hydrogen-bond acceptors (Lipinski definition) is 6. The van der Waals surface area contributed by atoms with Crippen LogP contribution in [-0.4, -0.2) is 31.4 Å². The van der Waals surface area contributed by atoms with Crippen molar-refractivity contribution in [2.75, 3.05) is 11.1 Å². The molecule has 150 valence electrons. The Labute approximate surface area is 178 Å². The van der Waals surface area contributed by atoms with E-state index in [1.807, 2.05) is 5.38 Å². The molecule has 2 saturated carbocycles. The summed E-state index contributed by atoms with van der Waals surface area (Å²) < 4.78 is 2.27. The number of nitrogens with zero attached hydrogens (tertiary/aromatic N) is 4. The number of aromatic nitrogens is 4. The molecular formula is C21H23N5OS2. The highest BCUT2D eigenvalue weighted by Crippen LogP contribution is 2.46. The van der Waals surface area contributed by atoms with Crippen molar-refractivity contribution >= 4 is 34.1 Å². The summed E-state index contributed by atoms with van der Waals surface area (Å²) in [6, 6.07) is 8.94. The summed E-state index contributed by atoms with van der Waals surface area (Å²) in [5.41, 5.74) is 3.26. The summed E-state index contributed by atoms with van der Waals surface area (Å²) in [5.74, 6) is 1.95. The Balaban J connectivity index is 1.20. The van der Waals surface area contributed by atoms with Crippen LogP contribution in [0.3, 0.4) is 0 Å². The van der Waals surface area contributed by atoms with E-state index in [1.54, 1.807) is 0 Å². The second kappa shape index (κ2) is 7.91. The van der Waals surface area contributed by atoms with E-state index in [-0.39, 0.29) is 5.91 Å². The van der Waals surface area contributed by atoms with Crippen LogP contribution < -0.4 is 5.32 Å². The van der Waals surface area contributed by atoms with Gasteiger partial charge in [0.2, 0.25) is 5.91 Å². The summed E-state index contributed by atoms with van der Waals surface area (Å²) >= 11 is 2.92. The van der Waals surface area contributed by atoms with Gasteiger partial charge in [0.25, 0.3) is 0 Å². The minimum Gasteiger partial charge on any atom is -0.303 e. The van der Waals surface area contributed by atoms with Crippen molar-refractivity contribution in [3.63, 3.8) is 0 Å². The molecule has 0 bridgehead atoms. The van der Waals surface area contributed by atoms with Crippen molar-refractivity contribution in [1.82, 2.24) is 19.7 Å². The summed E-state index contributed by atoms with van der Waals surface area (Å²) in [5, 5.41) is 15.2. The first kappa shape index (κ1) is 18.8. The minimum absolute atomic E-state index is 0.0597. The number of thioether (sulfide) groups is 1. The highest BCUT2D eigenvalue weighted by atomic mass is 32.2. The molecule has 1 amide bonds. The lowest BCUT2D eigenvalue weighted by Crippen LogP contribution is -2.14. The molecule has 0 atom stereocenters. The zero-order chi connectivity index (χ0) is 19.8. The van der Waals surface area contributed by atoms with E-state index >= 15 is 0 Å². The van der Waals surface area contributed by atoms with E-state index < -0.39 is 0 Å². The lowest BCUT2D eigenvalue weighted by Gasteiger charge is -2.07. The number of anilines is 1. The standard InChI is InChI=1S/C21H23N5OS2/c1-2-13-3-5-14(6-4-13)17-11-28-20(22-17)23-18(27)12-29-21-25-24-19(15-7-8-15)26(21)16-9-10-16/h3-6,11,15-16H,2,7-10,12H2,1H3,(H,22,23,27). The maximum absolute atomic E-state index is 12.4. The fourth-order valence-corrected chi connectivity index (χ4v) is 4.89. The lowest BCUT2D eigenvalue weighted by molar-refractivity contribution is -0.113. The zero-order valence-electron chi connectivity index (χ0n) is 16.3. The number of benzene rings is 1. The minimum atomic E-state index is -0.0597. The van der Waals surface area contributed by atoms with Gasteiger partial charge in [-0.05, 0) is 37.7 Å². The monoisotopic (exact) mass is 425 g/mol. The zero-order valence-corrected chi connectivity index (χ0v) is 17.9. The smallest absolute Gasteiger partial charge is 0.236 e. The van der Waals surface area contributed by atoms with Crippen molar-refractivity contribution in [2.45, 2.75) is 56.1 Å². The Kier molecular flexibility index (Phi) is 5.13. The molecule has 2 fully saturated rings. The van der Waals surface area contributed by atoms with Crippen molar-refractivity contribution in [3.05, 3.63) is 41.0 Å². The molecule has 2 aromatic heterocycles. The third-order valence-electron chi connectivity index (χ3n) is 5.29. The second-order valence-electron chi connectivity index (χ2n) is 7.64. The third-order valence-corrected chi connectivity index (χ3v) is 6.99. The number of carbonyl (C=O) groups is 1. The number of rotatable bonds is 8. The number of nitrogens with one attached hydrogen (secondary N) is 1. The third kappa shape index (κ3) is 4.23. The second-order valence-corrected chi connectivity index (χ2v) is 9.44. The van der Waals surface area contributed by atoms with Gasteiger partial charge in [-0.2, -0.15) is 0 Å². The van der Waals surface area contributed by atoms with Crippen LogP contribution in [0.25, 0.3) is 11.3 Å². The first-order valence-corrected chi connectivity index (χ1v) is 12.0. The number of aryl methyl sites for hydroxylation is 1. The van der Waals surface area contributed by atoms with Crippen molar-refractivity contribution < 1.29 is 4.79 Å². The van der Waals surface area contributed by atoms with Gasteiger partial charge in [0, 0.05) is 22.9 Å². The molecular weight excluding hydrogens is 402 g/mol. The topological polar surface area (TPSA) is 72.7 Å². The average Bonchev–Trinajstić information content (AvgIpc) is 3.68. The molecule has 0 spiro atoms. The molecule has 3 aromatic rings. The van der Waals surface area contributed by atoms with Crippen LogP contribution in [0.15, 0.2) is 34.8 Å². The van der Waals surface area contributed by atoms with Gasteiger partial charge in [0.15, 0.2) is 10.3 Å². The lowest BCUT2D eigenvalue weighted by atomic mass is 10.1. The molecule has 6 nitrogen and oxygen atoms in total. The van der Waals surface area contributed by atoms with Crippen LogP contribution in [0, 0.1) is 0 Å². The normalized spacial score (nSPS) is 16.2. The van der Waals surface area contributed by atoms with Gasteiger partial charge in [-0.15, -0.1) is 21.5 Å². The highest BCUT2D eigenvalue weighted by molar-refractivity contribution is 7.99. The Morgan fingerprint density at radius 2 is 2.00 bits per heavy atom. The maximum atomic E-state index is 12.4. The molecule has 0 aliphatic heterocycles. The van der Waals surface area contributed by atoms with Gasteiger partial charge < -0.3 is 9.88 Å². The molecule has 1 aromatic carbocycles. The van der Waals surface area contributed by atoms with E-state index in [2.05, 4.69) is 56.3 Å². The molecule has 1 N–H and O–H groups in total.